The van der Waals surface area contributed by atoms with Crippen LogP contribution in [0.4, 0.5) is 0 Å². The summed E-state index contributed by atoms with van der Waals surface area (Å²) in [6.45, 7) is 2.63. The topological polar surface area (TPSA) is 44.3 Å². The Labute approximate surface area is 123 Å². The van der Waals surface area contributed by atoms with Gasteiger partial charge in [-0.3, -0.25) is 0 Å². The van der Waals surface area contributed by atoms with Crippen LogP contribution in [-0.2, 0) is 0 Å². The van der Waals surface area contributed by atoms with Crippen molar-refractivity contribution < 1.29 is 5.11 Å². The summed E-state index contributed by atoms with van der Waals surface area (Å²) in [5.41, 5.74) is 0.202. The molecule has 3 heteroatoms. The second-order valence-electron chi connectivity index (χ2n) is 7.50. The molecule has 3 unspecified atom stereocenters. The van der Waals surface area contributed by atoms with Crippen LogP contribution in [0.1, 0.15) is 64.2 Å². The Morgan fingerprint density at radius 1 is 1.00 bits per heavy atom. The molecule has 3 aliphatic rings. The molecule has 0 aromatic carbocycles. The molecule has 2 aliphatic carbocycles. The van der Waals surface area contributed by atoms with E-state index in [1.165, 1.54) is 70.8 Å². The van der Waals surface area contributed by atoms with Crippen molar-refractivity contribution in [2.75, 3.05) is 19.7 Å². The highest BCUT2D eigenvalue weighted by Crippen LogP contribution is 2.38. The highest BCUT2D eigenvalue weighted by Gasteiger charge is 2.37. The molecular formula is C17H32N2O. The average molecular weight is 280 g/mol. The Bertz CT molecular complexity index is 295. The monoisotopic (exact) mass is 280 g/mol. The number of rotatable bonds is 5. The lowest BCUT2D eigenvalue weighted by atomic mass is 9.85. The first-order valence-corrected chi connectivity index (χ1v) is 8.91. The minimum absolute atomic E-state index is 0.202. The maximum absolute atomic E-state index is 9.75. The number of aliphatic hydroxyl groups excluding tert-OH is 1. The van der Waals surface area contributed by atoms with Gasteiger partial charge in [0.25, 0.3) is 0 Å². The van der Waals surface area contributed by atoms with E-state index in [2.05, 4.69) is 10.6 Å². The van der Waals surface area contributed by atoms with Crippen molar-refractivity contribution in [2.45, 2.75) is 76.3 Å². The van der Waals surface area contributed by atoms with Gasteiger partial charge in [-0.1, -0.05) is 25.7 Å². The summed E-state index contributed by atoms with van der Waals surface area (Å²) >= 11 is 0. The lowest BCUT2D eigenvalue weighted by molar-refractivity contribution is 0.119. The standard InChI is InChI=1S/C17H32N2O/c20-13-17(9-2-3-10-17)12-19-16-8-5-6-14(16)15-7-1-4-11-18-15/h14-16,18-20H,1-13H2. The maximum Gasteiger partial charge on any atom is 0.0499 e. The first kappa shape index (κ1) is 14.8. The van der Waals surface area contributed by atoms with Crippen LogP contribution in [-0.4, -0.2) is 36.9 Å². The summed E-state index contributed by atoms with van der Waals surface area (Å²) in [7, 11) is 0. The highest BCUT2D eigenvalue weighted by molar-refractivity contribution is 4.94. The van der Waals surface area contributed by atoms with Gasteiger partial charge in [0.1, 0.15) is 0 Å². The van der Waals surface area contributed by atoms with Crippen molar-refractivity contribution in [3.63, 3.8) is 0 Å². The van der Waals surface area contributed by atoms with E-state index in [1.807, 2.05) is 0 Å². The Hall–Kier alpha value is -0.120. The third-order valence-corrected chi connectivity index (χ3v) is 6.17. The smallest absolute Gasteiger partial charge is 0.0499 e. The molecule has 0 aromatic rings. The first-order chi connectivity index (χ1) is 9.83. The van der Waals surface area contributed by atoms with Gasteiger partial charge in [-0.05, 0) is 51.0 Å². The maximum atomic E-state index is 9.75. The Morgan fingerprint density at radius 3 is 2.55 bits per heavy atom. The number of aliphatic hydroxyl groups is 1. The molecule has 3 N–H and O–H groups in total. The molecular weight excluding hydrogens is 248 g/mol. The van der Waals surface area contributed by atoms with Crippen LogP contribution in [0.15, 0.2) is 0 Å². The quantitative estimate of drug-likeness (QED) is 0.725. The molecule has 0 amide bonds. The zero-order chi connectivity index (χ0) is 13.8. The van der Waals surface area contributed by atoms with Gasteiger partial charge in [0.05, 0.1) is 0 Å². The molecule has 3 fully saturated rings. The van der Waals surface area contributed by atoms with E-state index in [1.54, 1.807) is 0 Å². The van der Waals surface area contributed by atoms with Gasteiger partial charge in [0, 0.05) is 30.7 Å². The molecule has 1 saturated heterocycles. The summed E-state index contributed by atoms with van der Waals surface area (Å²) in [6.07, 6.45) is 13.3. The summed E-state index contributed by atoms with van der Waals surface area (Å²) in [4.78, 5) is 0. The first-order valence-electron chi connectivity index (χ1n) is 8.91. The molecule has 20 heavy (non-hydrogen) atoms. The van der Waals surface area contributed by atoms with Crippen LogP contribution in [0.2, 0.25) is 0 Å². The van der Waals surface area contributed by atoms with Crippen LogP contribution in [0.3, 0.4) is 0 Å². The van der Waals surface area contributed by atoms with Crippen LogP contribution >= 0.6 is 0 Å². The van der Waals surface area contributed by atoms with Gasteiger partial charge in [-0.15, -0.1) is 0 Å². The fourth-order valence-corrected chi connectivity index (χ4v) is 4.83. The van der Waals surface area contributed by atoms with Gasteiger partial charge in [-0.25, -0.2) is 0 Å². The summed E-state index contributed by atoms with van der Waals surface area (Å²) in [5.74, 6) is 0.826. The molecule has 3 atom stereocenters. The molecule has 0 bridgehead atoms. The minimum Gasteiger partial charge on any atom is -0.396 e. The average Bonchev–Trinajstić information content (AvgIpc) is 3.16. The number of piperidine rings is 1. The number of hydrogen-bond acceptors (Lipinski definition) is 3. The molecule has 3 nitrogen and oxygen atoms in total. The highest BCUT2D eigenvalue weighted by atomic mass is 16.3. The summed E-state index contributed by atoms with van der Waals surface area (Å²) in [6, 6.07) is 1.44. The van der Waals surface area contributed by atoms with Crippen LogP contribution in [0.5, 0.6) is 0 Å². The Morgan fingerprint density at radius 2 is 1.85 bits per heavy atom. The number of nitrogens with one attached hydrogen (secondary N) is 2. The zero-order valence-electron chi connectivity index (χ0n) is 12.9. The molecule has 116 valence electrons. The van der Waals surface area contributed by atoms with Crippen molar-refractivity contribution in [3.8, 4) is 0 Å². The van der Waals surface area contributed by atoms with E-state index < -0.39 is 0 Å². The summed E-state index contributed by atoms with van der Waals surface area (Å²) in [5, 5.41) is 17.4. The molecule has 1 heterocycles. The van der Waals surface area contributed by atoms with Gasteiger partial charge in [-0.2, -0.15) is 0 Å². The zero-order valence-corrected chi connectivity index (χ0v) is 12.9. The SMILES string of the molecule is OCC1(CNC2CCCC2C2CCCCN2)CCCC1. The fraction of sp³-hybridized carbons (Fsp3) is 1.00. The van der Waals surface area contributed by atoms with Crippen molar-refractivity contribution >= 4 is 0 Å². The third-order valence-electron chi connectivity index (χ3n) is 6.17. The van der Waals surface area contributed by atoms with Crippen molar-refractivity contribution in [1.82, 2.24) is 10.6 Å². The normalized spacial score (nSPS) is 37.4. The van der Waals surface area contributed by atoms with E-state index in [0.717, 1.165) is 18.5 Å². The lowest BCUT2D eigenvalue weighted by Gasteiger charge is -2.35. The van der Waals surface area contributed by atoms with Crippen LogP contribution in [0, 0.1) is 11.3 Å². The van der Waals surface area contributed by atoms with E-state index in [9.17, 15) is 5.11 Å². The third kappa shape index (κ3) is 3.20. The second-order valence-corrected chi connectivity index (χ2v) is 7.50. The van der Waals surface area contributed by atoms with E-state index in [0.29, 0.717) is 12.6 Å². The van der Waals surface area contributed by atoms with Crippen molar-refractivity contribution in [3.05, 3.63) is 0 Å². The van der Waals surface area contributed by atoms with Crippen molar-refractivity contribution in [2.24, 2.45) is 11.3 Å². The minimum atomic E-state index is 0.202. The molecule has 2 saturated carbocycles. The molecule has 0 aromatic heterocycles. The van der Waals surface area contributed by atoms with E-state index >= 15 is 0 Å². The fourth-order valence-electron chi connectivity index (χ4n) is 4.83. The van der Waals surface area contributed by atoms with Gasteiger partial charge in [0.2, 0.25) is 0 Å². The molecule has 1 aliphatic heterocycles. The van der Waals surface area contributed by atoms with Crippen LogP contribution in [0.25, 0.3) is 0 Å². The van der Waals surface area contributed by atoms with E-state index in [-0.39, 0.29) is 5.41 Å². The predicted octanol–water partition coefficient (Wildman–Crippen LogP) is 2.44. The predicted molar refractivity (Wildman–Crippen MR) is 82.8 cm³/mol. The number of hydrogen-bond donors (Lipinski definition) is 3. The second kappa shape index (κ2) is 6.76. The lowest BCUT2D eigenvalue weighted by Crippen LogP contribution is -2.49. The molecule has 0 spiro atoms. The Balaban J connectivity index is 1.53. The van der Waals surface area contributed by atoms with Gasteiger partial charge < -0.3 is 15.7 Å². The molecule has 0 radical (unpaired) electrons. The van der Waals surface area contributed by atoms with Crippen LogP contribution < -0.4 is 10.6 Å². The van der Waals surface area contributed by atoms with Crippen molar-refractivity contribution in [1.29, 1.82) is 0 Å². The largest absolute Gasteiger partial charge is 0.396 e. The Kier molecular flexibility index (Phi) is 5.00. The molecule has 3 rings (SSSR count). The summed E-state index contributed by atoms with van der Waals surface area (Å²) < 4.78 is 0. The van der Waals surface area contributed by atoms with Gasteiger partial charge >= 0.3 is 0 Å². The van der Waals surface area contributed by atoms with E-state index in [4.69, 9.17) is 0 Å². The van der Waals surface area contributed by atoms with Gasteiger partial charge in [0.15, 0.2) is 0 Å².